The monoisotopic (exact) mass is 276 g/mol. The van der Waals surface area contributed by atoms with Crippen LogP contribution < -0.4 is 5.32 Å². The lowest BCUT2D eigenvalue weighted by Gasteiger charge is -2.38. The van der Waals surface area contributed by atoms with Crippen LogP contribution in [-0.4, -0.2) is 56.1 Å². The Kier molecular flexibility index (Phi) is 5.10. The number of piperidine rings is 1. The zero-order valence-corrected chi connectivity index (χ0v) is 11.3. The van der Waals surface area contributed by atoms with Gasteiger partial charge in [-0.25, -0.2) is 8.78 Å². The molecule has 0 radical (unpaired) electrons. The van der Waals surface area contributed by atoms with Crippen molar-refractivity contribution >= 4 is 5.97 Å². The van der Waals surface area contributed by atoms with E-state index >= 15 is 0 Å². The van der Waals surface area contributed by atoms with E-state index in [-0.39, 0.29) is 24.5 Å². The van der Waals surface area contributed by atoms with E-state index < -0.39 is 6.43 Å². The summed E-state index contributed by atoms with van der Waals surface area (Å²) in [6.07, 6.45) is 1.20. The zero-order chi connectivity index (χ0) is 13.8. The lowest BCUT2D eigenvalue weighted by molar-refractivity contribution is -0.142. The molecule has 2 fully saturated rings. The first-order chi connectivity index (χ1) is 9.08. The van der Waals surface area contributed by atoms with Gasteiger partial charge in [-0.05, 0) is 25.2 Å². The number of nitrogens with one attached hydrogen (secondary N) is 1. The van der Waals surface area contributed by atoms with Crippen LogP contribution in [0, 0.1) is 5.92 Å². The van der Waals surface area contributed by atoms with Gasteiger partial charge in [0.15, 0.2) is 0 Å². The summed E-state index contributed by atoms with van der Waals surface area (Å²) in [6, 6.07) is 0.648. The van der Waals surface area contributed by atoms with Crippen LogP contribution in [0.1, 0.15) is 25.7 Å². The summed E-state index contributed by atoms with van der Waals surface area (Å²) in [5, 5.41) is 2.91. The number of halogens is 2. The molecule has 2 rings (SSSR count). The minimum absolute atomic E-state index is 0.0537. The van der Waals surface area contributed by atoms with Gasteiger partial charge in [0, 0.05) is 31.6 Å². The van der Waals surface area contributed by atoms with Gasteiger partial charge in [-0.1, -0.05) is 0 Å². The predicted octanol–water partition coefficient (Wildman–Crippen LogP) is 1.26. The molecule has 1 aliphatic heterocycles. The molecule has 0 aromatic carbocycles. The highest BCUT2D eigenvalue weighted by Gasteiger charge is 2.36. The van der Waals surface area contributed by atoms with Crippen molar-refractivity contribution in [2.24, 2.45) is 5.92 Å². The molecular formula is C13H22F2N2O2. The summed E-state index contributed by atoms with van der Waals surface area (Å²) >= 11 is 0. The first kappa shape index (κ1) is 14.7. The van der Waals surface area contributed by atoms with Crippen LogP contribution in [-0.2, 0) is 9.53 Å². The second kappa shape index (κ2) is 6.61. The van der Waals surface area contributed by atoms with Crippen molar-refractivity contribution in [1.29, 1.82) is 0 Å². The Morgan fingerprint density at radius 2 is 2.16 bits per heavy atom. The highest BCUT2D eigenvalue weighted by molar-refractivity contribution is 5.69. The lowest BCUT2D eigenvalue weighted by Crippen LogP contribution is -2.51. The summed E-state index contributed by atoms with van der Waals surface area (Å²) in [4.78, 5) is 13.7. The first-order valence-corrected chi connectivity index (χ1v) is 6.91. The third kappa shape index (κ3) is 4.69. The van der Waals surface area contributed by atoms with Crippen LogP contribution in [0.25, 0.3) is 0 Å². The number of esters is 1. The number of hydrogen-bond acceptors (Lipinski definition) is 4. The maximum absolute atomic E-state index is 12.3. The van der Waals surface area contributed by atoms with Gasteiger partial charge in [-0.15, -0.1) is 0 Å². The van der Waals surface area contributed by atoms with Gasteiger partial charge in [-0.3, -0.25) is 9.69 Å². The topological polar surface area (TPSA) is 41.6 Å². The summed E-state index contributed by atoms with van der Waals surface area (Å²) in [5.41, 5.74) is 0. The summed E-state index contributed by atoms with van der Waals surface area (Å²) in [7, 11) is 1.39. The molecule has 2 atom stereocenters. The Morgan fingerprint density at radius 3 is 2.74 bits per heavy atom. The lowest BCUT2D eigenvalue weighted by atomic mass is 9.91. The molecule has 0 aromatic heterocycles. The van der Waals surface area contributed by atoms with Gasteiger partial charge in [0.1, 0.15) is 0 Å². The van der Waals surface area contributed by atoms with E-state index in [9.17, 15) is 13.6 Å². The standard InChI is InChI=1S/C13H22F2N2O2/c1-19-13(18)5-9-4-10(16-6-12(14)15)8-17(7-9)11-2-3-11/h9-12,16H,2-8H2,1H3. The normalized spacial score (nSPS) is 28.6. The minimum atomic E-state index is -2.32. The van der Waals surface area contributed by atoms with E-state index in [0.717, 1.165) is 19.5 Å². The maximum Gasteiger partial charge on any atom is 0.305 e. The molecule has 2 aliphatic rings. The van der Waals surface area contributed by atoms with Crippen molar-refractivity contribution in [3.63, 3.8) is 0 Å². The molecular weight excluding hydrogens is 254 g/mol. The number of likely N-dealkylation sites (tertiary alicyclic amines) is 1. The van der Waals surface area contributed by atoms with Crippen molar-refractivity contribution in [1.82, 2.24) is 10.2 Å². The molecule has 19 heavy (non-hydrogen) atoms. The number of carbonyl (C=O) groups is 1. The van der Waals surface area contributed by atoms with E-state index in [1.807, 2.05) is 0 Å². The number of ether oxygens (including phenoxy) is 1. The highest BCUT2D eigenvalue weighted by Crippen LogP contribution is 2.32. The molecule has 1 saturated heterocycles. The Hall–Kier alpha value is -0.750. The van der Waals surface area contributed by atoms with Crippen molar-refractivity contribution in [2.75, 3.05) is 26.7 Å². The third-order valence-corrected chi connectivity index (χ3v) is 3.87. The van der Waals surface area contributed by atoms with Crippen molar-refractivity contribution < 1.29 is 18.3 Å². The van der Waals surface area contributed by atoms with E-state index in [1.165, 1.54) is 20.0 Å². The number of hydrogen-bond donors (Lipinski definition) is 1. The molecule has 4 nitrogen and oxygen atoms in total. The van der Waals surface area contributed by atoms with Gasteiger partial charge in [0.05, 0.1) is 13.7 Å². The minimum Gasteiger partial charge on any atom is -0.469 e. The Balaban J connectivity index is 1.86. The number of methoxy groups -OCH3 is 1. The quantitative estimate of drug-likeness (QED) is 0.742. The van der Waals surface area contributed by atoms with E-state index in [2.05, 4.69) is 10.2 Å². The van der Waals surface area contributed by atoms with Crippen molar-refractivity contribution in [3.8, 4) is 0 Å². The average Bonchev–Trinajstić information content (AvgIpc) is 3.20. The van der Waals surface area contributed by atoms with Gasteiger partial charge < -0.3 is 10.1 Å². The fraction of sp³-hybridized carbons (Fsp3) is 0.923. The Labute approximate surface area is 112 Å². The second-order valence-corrected chi connectivity index (χ2v) is 5.56. The summed E-state index contributed by atoms with van der Waals surface area (Å²) in [5.74, 6) is -0.00720. The van der Waals surface area contributed by atoms with Crippen LogP contribution in [0.2, 0.25) is 0 Å². The van der Waals surface area contributed by atoms with Gasteiger partial charge >= 0.3 is 5.97 Å². The number of alkyl halides is 2. The smallest absolute Gasteiger partial charge is 0.305 e. The number of rotatable bonds is 6. The molecule has 110 valence electrons. The van der Waals surface area contributed by atoms with Crippen LogP contribution in [0.4, 0.5) is 8.78 Å². The van der Waals surface area contributed by atoms with Gasteiger partial charge in [0.25, 0.3) is 6.43 Å². The van der Waals surface area contributed by atoms with E-state index in [4.69, 9.17) is 4.74 Å². The Bertz CT molecular complexity index is 311. The van der Waals surface area contributed by atoms with Gasteiger partial charge in [-0.2, -0.15) is 0 Å². The van der Waals surface area contributed by atoms with Crippen LogP contribution in [0.5, 0.6) is 0 Å². The molecule has 1 saturated carbocycles. The predicted molar refractivity (Wildman–Crippen MR) is 67.1 cm³/mol. The van der Waals surface area contributed by atoms with Gasteiger partial charge in [0.2, 0.25) is 0 Å². The summed E-state index contributed by atoms with van der Waals surface area (Å²) < 4.78 is 29.2. The molecule has 1 heterocycles. The van der Waals surface area contributed by atoms with Crippen LogP contribution in [0.15, 0.2) is 0 Å². The van der Waals surface area contributed by atoms with Crippen LogP contribution in [0.3, 0.4) is 0 Å². The van der Waals surface area contributed by atoms with Crippen LogP contribution >= 0.6 is 0 Å². The van der Waals surface area contributed by atoms with Crippen molar-refractivity contribution in [2.45, 2.75) is 44.2 Å². The molecule has 2 unspecified atom stereocenters. The Morgan fingerprint density at radius 1 is 1.42 bits per heavy atom. The fourth-order valence-corrected chi connectivity index (χ4v) is 2.85. The highest BCUT2D eigenvalue weighted by atomic mass is 19.3. The SMILES string of the molecule is COC(=O)CC1CC(NCC(F)F)CN(C2CC2)C1. The first-order valence-electron chi connectivity index (χ1n) is 6.91. The van der Waals surface area contributed by atoms with Crippen molar-refractivity contribution in [3.05, 3.63) is 0 Å². The maximum atomic E-state index is 12.3. The zero-order valence-electron chi connectivity index (χ0n) is 11.3. The second-order valence-electron chi connectivity index (χ2n) is 5.56. The number of carbonyl (C=O) groups excluding carboxylic acids is 1. The number of nitrogens with zero attached hydrogens (tertiary/aromatic N) is 1. The van der Waals surface area contributed by atoms with E-state index in [0.29, 0.717) is 12.5 Å². The molecule has 0 spiro atoms. The summed E-state index contributed by atoms with van der Waals surface area (Å²) in [6.45, 7) is 1.43. The molecule has 1 aliphatic carbocycles. The molecule has 0 bridgehead atoms. The molecule has 0 amide bonds. The molecule has 1 N–H and O–H groups in total. The fourth-order valence-electron chi connectivity index (χ4n) is 2.85. The molecule has 0 aromatic rings. The largest absolute Gasteiger partial charge is 0.469 e. The third-order valence-electron chi connectivity index (χ3n) is 3.87. The molecule has 6 heteroatoms. The average molecular weight is 276 g/mol. The van der Waals surface area contributed by atoms with E-state index in [1.54, 1.807) is 0 Å².